The molecular formula is C13H13NO2S. The second kappa shape index (κ2) is 4.37. The average Bonchev–Trinajstić information content (AvgIpc) is 2.64. The van der Waals surface area contributed by atoms with Crippen molar-refractivity contribution in [2.45, 2.75) is 13.3 Å². The Morgan fingerprint density at radius 3 is 2.76 bits per heavy atom. The summed E-state index contributed by atoms with van der Waals surface area (Å²) in [5.74, 6) is 1.66. The highest BCUT2D eigenvalue weighted by atomic mass is 32.1. The van der Waals surface area contributed by atoms with Crippen LogP contribution in [0.4, 0.5) is 0 Å². The van der Waals surface area contributed by atoms with Crippen molar-refractivity contribution in [1.82, 2.24) is 4.98 Å². The van der Waals surface area contributed by atoms with Crippen LogP contribution < -0.4 is 9.47 Å². The highest BCUT2D eigenvalue weighted by molar-refractivity contribution is 7.10. The molecule has 0 unspecified atom stereocenters. The second-order valence-corrected chi connectivity index (χ2v) is 5.03. The van der Waals surface area contributed by atoms with E-state index in [4.69, 9.17) is 9.47 Å². The SMILES string of the molecule is Cc1scnc1-c1ccc2c(c1)OCCCO2. The summed E-state index contributed by atoms with van der Waals surface area (Å²) in [7, 11) is 0. The summed E-state index contributed by atoms with van der Waals surface area (Å²) in [6, 6.07) is 6.02. The Bertz CT molecular complexity index is 536. The molecule has 17 heavy (non-hydrogen) atoms. The van der Waals surface area contributed by atoms with E-state index in [2.05, 4.69) is 11.9 Å². The van der Waals surface area contributed by atoms with Crippen LogP contribution in [-0.2, 0) is 0 Å². The molecule has 1 aromatic carbocycles. The van der Waals surface area contributed by atoms with Gasteiger partial charge in [0.1, 0.15) is 0 Å². The average molecular weight is 247 g/mol. The lowest BCUT2D eigenvalue weighted by Gasteiger charge is -2.08. The molecule has 1 aliphatic heterocycles. The summed E-state index contributed by atoms with van der Waals surface area (Å²) in [4.78, 5) is 5.60. The number of hydrogen-bond acceptors (Lipinski definition) is 4. The van der Waals surface area contributed by atoms with Crippen molar-refractivity contribution >= 4 is 11.3 Å². The fourth-order valence-electron chi connectivity index (χ4n) is 1.89. The summed E-state index contributed by atoms with van der Waals surface area (Å²) in [5.41, 5.74) is 3.99. The first-order chi connectivity index (χ1) is 8.34. The fourth-order valence-corrected chi connectivity index (χ4v) is 2.49. The van der Waals surface area contributed by atoms with E-state index < -0.39 is 0 Å². The summed E-state index contributed by atoms with van der Waals surface area (Å²) < 4.78 is 11.3. The summed E-state index contributed by atoms with van der Waals surface area (Å²) in [6.07, 6.45) is 0.930. The van der Waals surface area contributed by atoms with Crippen LogP contribution >= 0.6 is 11.3 Å². The molecule has 0 atom stereocenters. The number of benzene rings is 1. The maximum absolute atomic E-state index is 5.68. The van der Waals surface area contributed by atoms with Crippen molar-refractivity contribution < 1.29 is 9.47 Å². The van der Waals surface area contributed by atoms with Gasteiger partial charge in [0.05, 0.1) is 24.4 Å². The predicted octanol–water partition coefficient (Wildman–Crippen LogP) is 3.28. The van der Waals surface area contributed by atoms with Crippen molar-refractivity contribution in [3.8, 4) is 22.8 Å². The molecule has 3 nitrogen and oxygen atoms in total. The molecule has 0 amide bonds. The molecule has 3 rings (SSSR count). The number of rotatable bonds is 1. The summed E-state index contributed by atoms with van der Waals surface area (Å²) in [6.45, 7) is 3.52. The van der Waals surface area contributed by atoms with Crippen molar-refractivity contribution in [2.75, 3.05) is 13.2 Å². The van der Waals surface area contributed by atoms with E-state index in [1.165, 1.54) is 4.88 Å². The maximum Gasteiger partial charge on any atom is 0.161 e. The van der Waals surface area contributed by atoms with E-state index >= 15 is 0 Å². The van der Waals surface area contributed by atoms with Crippen LogP contribution in [0.3, 0.4) is 0 Å². The molecule has 0 radical (unpaired) electrons. The molecule has 0 aliphatic carbocycles. The van der Waals surface area contributed by atoms with Crippen LogP contribution in [0.15, 0.2) is 23.7 Å². The third kappa shape index (κ3) is 2.00. The van der Waals surface area contributed by atoms with Crippen LogP contribution in [-0.4, -0.2) is 18.2 Å². The van der Waals surface area contributed by atoms with Crippen molar-refractivity contribution in [1.29, 1.82) is 0 Å². The highest BCUT2D eigenvalue weighted by Crippen LogP contribution is 2.35. The summed E-state index contributed by atoms with van der Waals surface area (Å²) >= 11 is 1.66. The molecule has 0 N–H and O–H groups in total. The normalized spacial score (nSPS) is 14.4. The predicted molar refractivity (Wildman–Crippen MR) is 67.9 cm³/mol. The van der Waals surface area contributed by atoms with Crippen LogP contribution in [0.2, 0.25) is 0 Å². The molecule has 1 aliphatic rings. The summed E-state index contributed by atoms with van der Waals surface area (Å²) in [5, 5.41) is 0. The van der Waals surface area contributed by atoms with Crippen LogP contribution in [0.5, 0.6) is 11.5 Å². The van der Waals surface area contributed by atoms with Crippen molar-refractivity contribution in [3.63, 3.8) is 0 Å². The molecule has 0 saturated carbocycles. The number of thiazole rings is 1. The molecular weight excluding hydrogens is 234 g/mol. The van der Waals surface area contributed by atoms with Crippen LogP contribution in [0.25, 0.3) is 11.3 Å². The molecule has 2 heterocycles. The zero-order valence-corrected chi connectivity index (χ0v) is 10.4. The lowest BCUT2D eigenvalue weighted by molar-refractivity contribution is 0.297. The molecule has 88 valence electrons. The third-order valence-corrected chi connectivity index (χ3v) is 3.52. The Hall–Kier alpha value is -1.55. The second-order valence-electron chi connectivity index (χ2n) is 3.97. The minimum atomic E-state index is 0.715. The first kappa shape index (κ1) is 10.6. The minimum absolute atomic E-state index is 0.715. The molecule has 0 saturated heterocycles. The maximum atomic E-state index is 5.68. The Morgan fingerprint density at radius 1 is 1.18 bits per heavy atom. The number of hydrogen-bond donors (Lipinski definition) is 0. The Labute approximate surface area is 104 Å². The number of nitrogens with zero attached hydrogens (tertiary/aromatic N) is 1. The van der Waals surface area contributed by atoms with Gasteiger partial charge in [0, 0.05) is 16.9 Å². The molecule has 0 bridgehead atoms. The number of aryl methyl sites for hydroxylation is 1. The molecule has 2 aromatic rings. The number of ether oxygens (including phenoxy) is 2. The Kier molecular flexibility index (Phi) is 2.73. The van der Waals surface area contributed by atoms with Gasteiger partial charge in [-0.05, 0) is 25.1 Å². The highest BCUT2D eigenvalue weighted by Gasteiger charge is 2.13. The van der Waals surface area contributed by atoms with Gasteiger partial charge in [0.25, 0.3) is 0 Å². The first-order valence-corrected chi connectivity index (χ1v) is 6.52. The quantitative estimate of drug-likeness (QED) is 0.775. The van der Waals surface area contributed by atoms with Crippen LogP contribution in [0.1, 0.15) is 11.3 Å². The van der Waals surface area contributed by atoms with Gasteiger partial charge >= 0.3 is 0 Å². The lowest BCUT2D eigenvalue weighted by atomic mass is 10.1. The van der Waals surface area contributed by atoms with Gasteiger partial charge in [-0.2, -0.15) is 0 Å². The van der Waals surface area contributed by atoms with E-state index in [0.717, 1.165) is 35.8 Å². The largest absolute Gasteiger partial charge is 0.490 e. The monoisotopic (exact) mass is 247 g/mol. The standard InChI is InChI=1S/C13H13NO2S/c1-9-13(14-8-17-9)10-3-4-11-12(7-10)16-6-2-5-15-11/h3-4,7-8H,2,5-6H2,1H3. The van der Waals surface area contributed by atoms with E-state index in [1.54, 1.807) is 11.3 Å². The Balaban J connectivity index is 2.03. The number of fused-ring (bicyclic) bond motifs is 1. The third-order valence-electron chi connectivity index (χ3n) is 2.77. The van der Waals surface area contributed by atoms with Gasteiger partial charge in [0.15, 0.2) is 11.5 Å². The topological polar surface area (TPSA) is 31.4 Å². The molecule has 1 aromatic heterocycles. The Morgan fingerprint density at radius 2 is 2.00 bits per heavy atom. The molecule has 0 fully saturated rings. The number of aromatic nitrogens is 1. The van der Waals surface area contributed by atoms with Gasteiger partial charge < -0.3 is 9.47 Å². The molecule has 4 heteroatoms. The first-order valence-electron chi connectivity index (χ1n) is 5.65. The van der Waals surface area contributed by atoms with Gasteiger partial charge in [-0.3, -0.25) is 0 Å². The van der Waals surface area contributed by atoms with Gasteiger partial charge in [0.2, 0.25) is 0 Å². The smallest absolute Gasteiger partial charge is 0.161 e. The van der Waals surface area contributed by atoms with E-state index in [9.17, 15) is 0 Å². The van der Waals surface area contributed by atoms with Crippen molar-refractivity contribution in [3.05, 3.63) is 28.6 Å². The van der Waals surface area contributed by atoms with E-state index in [-0.39, 0.29) is 0 Å². The zero-order chi connectivity index (χ0) is 11.7. The van der Waals surface area contributed by atoms with Gasteiger partial charge in [-0.1, -0.05) is 0 Å². The van der Waals surface area contributed by atoms with Crippen LogP contribution in [0, 0.1) is 6.92 Å². The molecule has 0 spiro atoms. The van der Waals surface area contributed by atoms with Gasteiger partial charge in [-0.15, -0.1) is 11.3 Å². The minimum Gasteiger partial charge on any atom is -0.490 e. The fraction of sp³-hybridized carbons (Fsp3) is 0.308. The van der Waals surface area contributed by atoms with Gasteiger partial charge in [-0.25, -0.2) is 4.98 Å². The van der Waals surface area contributed by atoms with E-state index in [1.807, 2.05) is 23.7 Å². The lowest BCUT2D eigenvalue weighted by Crippen LogP contribution is -1.97. The zero-order valence-electron chi connectivity index (χ0n) is 9.60. The van der Waals surface area contributed by atoms with Crippen molar-refractivity contribution in [2.24, 2.45) is 0 Å². The van der Waals surface area contributed by atoms with E-state index in [0.29, 0.717) is 6.61 Å².